The molecule has 0 aliphatic carbocycles. The second-order valence-electron chi connectivity index (χ2n) is 3.73. The molecule has 1 aromatic rings. The summed E-state index contributed by atoms with van der Waals surface area (Å²) in [6.45, 7) is 0.0767. The topological polar surface area (TPSA) is 72.5 Å². The zero-order valence-corrected chi connectivity index (χ0v) is 12.5. The number of hydrogen-bond donors (Lipinski definition) is 1. The fourth-order valence-corrected chi connectivity index (χ4v) is 2.14. The number of carbonyl (C=O) groups excluding carboxylic acids is 1. The Morgan fingerprint density at radius 2 is 2.11 bits per heavy atom. The number of hydrogen-bond acceptors (Lipinski definition) is 4. The molecule has 0 heterocycles. The Morgan fingerprint density at radius 3 is 2.67 bits per heavy atom. The quantitative estimate of drug-likeness (QED) is 0.878. The minimum atomic E-state index is -3.08. The first-order valence-corrected chi connectivity index (χ1v) is 7.98. The molecule has 0 spiro atoms. The summed E-state index contributed by atoms with van der Waals surface area (Å²) >= 11 is 3.26. The lowest BCUT2D eigenvalue weighted by Gasteiger charge is -2.09. The third-order valence-corrected chi connectivity index (χ3v) is 3.60. The molecular weight excluding hydrogens is 322 g/mol. The van der Waals surface area contributed by atoms with Crippen LogP contribution in [0.2, 0.25) is 0 Å². The molecule has 0 saturated carbocycles. The van der Waals surface area contributed by atoms with Crippen LogP contribution in [0.15, 0.2) is 22.7 Å². The second-order valence-corrected chi connectivity index (χ2v) is 6.91. The van der Waals surface area contributed by atoms with Crippen LogP contribution in [0.4, 0.5) is 0 Å². The minimum absolute atomic E-state index is 0.0767. The van der Waals surface area contributed by atoms with Crippen molar-refractivity contribution in [1.82, 2.24) is 5.32 Å². The van der Waals surface area contributed by atoms with Crippen molar-refractivity contribution in [2.75, 3.05) is 25.7 Å². The van der Waals surface area contributed by atoms with Crippen LogP contribution < -0.4 is 10.1 Å². The Labute approximate surface area is 115 Å². The molecular formula is C11H14BrNO4S. The lowest BCUT2D eigenvalue weighted by Crippen LogP contribution is -2.29. The summed E-state index contributed by atoms with van der Waals surface area (Å²) in [6.07, 6.45) is 1.12. The number of sulfone groups is 1. The molecule has 1 rings (SSSR count). The highest BCUT2D eigenvalue weighted by Gasteiger charge is 2.13. The summed E-state index contributed by atoms with van der Waals surface area (Å²) in [5, 5.41) is 2.54. The van der Waals surface area contributed by atoms with Crippen LogP contribution in [0.3, 0.4) is 0 Å². The average molecular weight is 336 g/mol. The standard InChI is InChI=1S/C11H14BrNO4S/c1-17-10-4-3-8(12)7-9(10)11(14)13-5-6-18(2,15)16/h3-4,7H,5-6H2,1-2H3,(H,13,14). The largest absolute Gasteiger partial charge is 0.496 e. The lowest BCUT2D eigenvalue weighted by molar-refractivity contribution is 0.0953. The SMILES string of the molecule is COc1ccc(Br)cc1C(=O)NCCS(C)(=O)=O. The van der Waals surface area contributed by atoms with E-state index in [0.29, 0.717) is 11.3 Å². The van der Waals surface area contributed by atoms with Crippen LogP contribution in [0.25, 0.3) is 0 Å². The Balaban J connectivity index is 2.75. The first-order valence-electron chi connectivity index (χ1n) is 5.13. The van der Waals surface area contributed by atoms with Crippen molar-refractivity contribution in [3.05, 3.63) is 28.2 Å². The maximum Gasteiger partial charge on any atom is 0.255 e. The van der Waals surface area contributed by atoms with Crippen molar-refractivity contribution < 1.29 is 17.9 Å². The number of benzene rings is 1. The number of methoxy groups -OCH3 is 1. The molecule has 1 amide bonds. The van der Waals surface area contributed by atoms with Crippen LogP contribution in [0, 0.1) is 0 Å². The highest BCUT2D eigenvalue weighted by molar-refractivity contribution is 9.10. The number of halogens is 1. The molecule has 5 nitrogen and oxygen atoms in total. The summed E-state index contributed by atoms with van der Waals surface area (Å²) in [7, 11) is -1.61. The summed E-state index contributed by atoms with van der Waals surface area (Å²) in [5.74, 6) is -0.0124. The Morgan fingerprint density at radius 1 is 1.44 bits per heavy atom. The fourth-order valence-electron chi connectivity index (χ4n) is 1.30. The number of ether oxygens (including phenoxy) is 1. The Hall–Kier alpha value is -1.08. The molecule has 0 bridgehead atoms. The van der Waals surface area contributed by atoms with Gasteiger partial charge in [-0.1, -0.05) is 15.9 Å². The minimum Gasteiger partial charge on any atom is -0.496 e. The first-order chi connectivity index (χ1) is 8.33. The van der Waals surface area contributed by atoms with E-state index in [0.717, 1.165) is 10.7 Å². The summed E-state index contributed by atoms with van der Waals surface area (Å²) in [6, 6.07) is 5.04. The van der Waals surface area contributed by atoms with Gasteiger partial charge in [0.2, 0.25) is 0 Å². The third kappa shape index (κ3) is 4.66. The van der Waals surface area contributed by atoms with Crippen LogP contribution >= 0.6 is 15.9 Å². The van der Waals surface area contributed by atoms with Crippen molar-refractivity contribution in [2.24, 2.45) is 0 Å². The van der Waals surface area contributed by atoms with Crippen LogP contribution in [0.5, 0.6) is 5.75 Å². The van der Waals surface area contributed by atoms with E-state index >= 15 is 0 Å². The van der Waals surface area contributed by atoms with Gasteiger partial charge in [0.1, 0.15) is 15.6 Å². The van der Waals surface area contributed by atoms with Crippen LogP contribution in [-0.4, -0.2) is 40.0 Å². The smallest absolute Gasteiger partial charge is 0.255 e. The predicted molar refractivity (Wildman–Crippen MR) is 72.7 cm³/mol. The summed E-state index contributed by atoms with van der Waals surface area (Å²) in [5.41, 5.74) is 0.361. The van der Waals surface area contributed by atoms with Crippen LogP contribution in [0.1, 0.15) is 10.4 Å². The van der Waals surface area contributed by atoms with E-state index < -0.39 is 9.84 Å². The average Bonchev–Trinajstić information content (AvgIpc) is 2.27. The lowest BCUT2D eigenvalue weighted by atomic mass is 10.2. The zero-order valence-electron chi connectivity index (χ0n) is 10.1. The molecule has 0 radical (unpaired) electrons. The molecule has 1 aromatic carbocycles. The summed E-state index contributed by atoms with van der Waals surface area (Å²) in [4.78, 5) is 11.9. The van der Waals surface area contributed by atoms with E-state index in [-0.39, 0.29) is 18.2 Å². The van der Waals surface area contributed by atoms with Gasteiger partial charge in [0.05, 0.1) is 18.4 Å². The van der Waals surface area contributed by atoms with Gasteiger partial charge >= 0.3 is 0 Å². The maximum absolute atomic E-state index is 11.9. The van der Waals surface area contributed by atoms with Gasteiger partial charge in [-0.2, -0.15) is 0 Å². The van der Waals surface area contributed by atoms with Crippen molar-refractivity contribution >= 4 is 31.7 Å². The maximum atomic E-state index is 11.9. The molecule has 0 aliphatic heterocycles. The van der Waals surface area contributed by atoms with E-state index in [4.69, 9.17) is 4.74 Å². The van der Waals surface area contributed by atoms with Gasteiger partial charge in [0.25, 0.3) is 5.91 Å². The summed E-state index contributed by atoms with van der Waals surface area (Å²) < 4.78 is 27.7. The molecule has 0 aliphatic rings. The number of amides is 1. The zero-order chi connectivity index (χ0) is 13.8. The van der Waals surface area contributed by atoms with Gasteiger partial charge in [-0.15, -0.1) is 0 Å². The van der Waals surface area contributed by atoms with Crippen molar-refractivity contribution in [2.45, 2.75) is 0 Å². The molecule has 18 heavy (non-hydrogen) atoms. The van der Waals surface area contributed by atoms with Crippen LogP contribution in [-0.2, 0) is 9.84 Å². The van der Waals surface area contributed by atoms with E-state index in [1.807, 2.05) is 0 Å². The van der Waals surface area contributed by atoms with Gasteiger partial charge in [0, 0.05) is 17.3 Å². The Kier molecular flexibility index (Phi) is 5.15. The fraction of sp³-hybridized carbons (Fsp3) is 0.364. The molecule has 0 fully saturated rings. The highest BCUT2D eigenvalue weighted by Crippen LogP contribution is 2.22. The van der Waals surface area contributed by atoms with Crippen molar-refractivity contribution in [1.29, 1.82) is 0 Å². The molecule has 100 valence electrons. The van der Waals surface area contributed by atoms with Gasteiger partial charge in [-0.05, 0) is 18.2 Å². The van der Waals surface area contributed by atoms with E-state index in [1.165, 1.54) is 7.11 Å². The first kappa shape index (κ1) is 15.0. The number of rotatable bonds is 5. The second kappa shape index (κ2) is 6.19. The van der Waals surface area contributed by atoms with Gasteiger partial charge < -0.3 is 10.1 Å². The number of carbonyl (C=O) groups is 1. The Bertz CT molecular complexity index is 542. The van der Waals surface area contributed by atoms with E-state index in [9.17, 15) is 13.2 Å². The van der Waals surface area contributed by atoms with Gasteiger partial charge in [-0.3, -0.25) is 4.79 Å². The molecule has 0 aromatic heterocycles. The monoisotopic (exact) mass is 335 g/mol. The van der Waals surface area contributed by atoms with E-state index in [1.54, 1.807) is 18.2 Å². The molecule has 0 atom stereocenters. The van der Waals surface area contributed by atoms with Gasteiger partial charge in [0.15, 0.2) is 0 Å². The normalized spacial score (nSPS) is 11.1. The molecule has 0 saturated heterocycles. The highest BCUT2D eigenvalue weighted by atomic mass is 79.9. The van der Waals surface area contributed by atoms with E-state index in [2.05, 4.69) is 21.2 Å². The number of nitrogens with one attached hydrogen (secondary N) is 1. The molecule has 1 N–H and O–H groups in total. The predicted octanol–water partition coefficient (Wildman–Crippen LogP) is 1.23. The molecule has 0 unspecified atom stereocenters. The van der Waals surface area contributed by atoms with Gasteiger partial charge in [-0.25, -0.2) is 8.42 Å². The van der Waals surface area contributed by atoms with Crippen molar-refractivity contribution in [3.63, 3.8) is 0 Å². The van der Waals surface area contributed by atoms with Crippen molar-refractivity contribution in [3.8, 4) is 5.75 Å². The molecule has 7 heteroatoms. The third-order valence-electron chi connectivity index (χ3n) is 2.16.